The molecule has 6 nitrogen and oxygen atoms in total. The summed E-state index contributed by atoms with van der Waals surface area (Å²) >= 11 is 1.62. The number of aryl methyl sites for hydroxylation is 2. The normalized spacial score (nSPS) is 16.2. The third kappa shape index (κ3) is 3.36. The summed E-state index contributed by atoms with van der Waals surface area (Å²) in [4.78, 5) is 21.0. The van der Waals surface area contributed by atoms with Crippen molar-refractivity contribution in [2.45, 2.75) is 26.8 Å². The number of carbonyl (C=O) groups is 1. The molecule has 0 atom stereocenters. The van der Waals surface area contributed by atoms with Gasteiger partial charge in [0.1, 0.15) is 5.76 Å². The number of amides is 1. The molecule has 0 aromatic carbocycles. The first-order valence-electron chi connectivity index (χ1n) is 7.42. The zero-order valence-electron chi connectivity index (χ0n) is 12.9. The highest BCUT2D eigenvalue weighted by Gasteiger charge is 2.23. The molecule has 0 saturated carbocycles. The number of hydrogen-bond acceptors (Lipinski definition) is 6. The molecule has 1 aliphatic heterocycles. The molecular formula is C15H20N4O2S. The first-order valence-corrected chi connectivity index (χ1v) is 8.36. The summed E-state index contributed by atoms with van der Waals surface area (Å²) in [5, 5.41) is 5.99. The van der Waals surface area contributed by atoms with Crippen molar-refractivity contribution in [2.75, 3.05) is 26.2 Å². The van der Waals surface area contributed by atoms with Crippen molar-refractivity contribution < 1.29 is 9.32 Å². The monoisotopic (exact) mass is 320 g/mol. The Labute approximate surface area is 133 Å². The molecular weight excluding hydrogens is 300 g/mol. The van der Waals surface area contributed by atoms with Gasteiger partial charge in [-0.15, -0.1) is 11.3 Å². The second-order valence-corrected chi connectivity index (χ2v) is 6.33. The van der Waals surface area contributed by atoms with Gasteiger partial charge in [0.15, 0.2) is 0 Å². The van der Waals surface area contributed by atoms with Crippen LogP contribution in [0.4, 0.5) is 0 Å². The first kappa shape index (κ1) is 15.2. The van der Waals surface area contributed by atoms with Gasteiger partial charge >= 0.3 is 0 Å². The van der Waals surface area contributed by atoms with Crippen LogP contribution in [0.15, 0.2) is 15.4 Å². The molecule has 0 N–H and O–H groups in total. The molecule has 118 valence electrons. The quantitative estimate of drug-likeness (QED) is 0.857. The predicted molar refractivity (Wildman–Crippen MR) is 83.7 cm³/mol. The van der Waals surface area contributed by atoms with Gasteiger partial charge in [0.05, 0.1) is 23.3 Å². The fourth-order valence-electron chi connectivity index (χ4n) is 2.72. The molecule has 2 aromatic heterocycles. The molecule has 1 fully saturated rings. The lowest BCUT2D eigenvalue weighted by atomic mass is 10.1. The van der Waals surface area contributed by atoms with Crippen molar-refractivity contribution in [3.05, 3.63) is 33.6 Å². The highest BCUT2D eigenvalue weighted by Crippen LogP contribution is 2.15. The van der Waals surface area contributed by atoms with Crippen LogP contribution in [0.3, 0.4) is 0 Å². The Morgan fingerprint density at radius 3 is 2.68 bits per heavy atom. The minimum atomic E-state index is 0.155. The summed E-state index contributed by atoms with van der Waals surface area (Å²) < 4.78 is 5.12. The molecule has 2 aromatic rings. The van der Waals surface area contributed by atoms with E-state index in [-0.39, 0.29) is 5.91 Å². The van der Waals surface area contributed by atoms with E-state index < -0.39 is 0 Å². The average Bonchev–Trinajstić information content (AvgIpc) is 3.13. The minimum absolute atomic E-state index is 0.155. The number of carbonyl (C=O) groups excluding carboxylic acids is 1. The molecule has 1 saturated heterocycles. The molecule has 1 amide bonds. The second-order valence-electron chi connectivity index (χ2n) is 5.62. The van der Waals surface area contributed by atoms with Gasteiger partial charge in [-0.05, 0) is 13.8 Å². The van der Waals surface area contributed by atoms with Gasteiger partial charge in [0.2, 0.25) is 5.91 Å². The largest absolute Gasteiger partial charge is 0.361 e. The Kier molecular flexibility index (Phi) is 4.54. The first-order chi connectivity index (χ1) is 10.6. The van der Waals surface area contributed by atoms with Crippen LogP contribution in [0.1, 0.15) is 22.7 Å². The molecule has 3 rings (SSSR count). The number of hydrogen-bond donors (Lipinski definition) is 0. The van der Waals surface area contributed by atoms with Crippen LogP contribution in [-0.4, -0.2) is 52.0 Å². The third-order valence-corrected chi connectivity index (χ3v) is 4.74. The summed E-state index contributed by atoms with van der Waals surface area (Å²) in [5.41, 5.74) is 4.71. The Morgan fingerprint density at radius 2 is 2.09 bits per heavy atom. The zero-order valence-corrected chi connectivity index (χ0v) is 13.7. The van der Waals surface area contributed by atoms with Crippen molar-refractivity contribution in [3.63, 3.8) is 0 Å². The molecule has 1 aliphatic rings. The van der Waals surface area contributed by atoms with Gasteiger partial charge in [0.25, 0.3) is 0 Å². The van der Waals surface area contributed by atoms with Crippen molar-refractivity contribution in [3.8, 4) is 0 Å². The summed E-state index contributed by atoms with van der Waals surface area (Å²) in [6, 6.07) is 0. The van der Waals surface area contributed by atoms with Crippen molar-refractivity contribution in [1.82, 2.24) is 19.9 Å². The number of aromatic nitrogens is 2. The van der Waals surface area contributed by atoms with Crippen LogP contribution in [-0.2, 0) is 17.8 Å². The fraction of sp³-hybridized carbons (Fsp3) is 0.533. The van der Waals surface area contributed by atoms with E-state index in [1.807, 2.05) is 24.3 Å². The SMILES string of the molecule is Cc1noc(C)c1CC(=O)N1CCN(Cc2cscn2)CC1. The number of nitrogens with zero attached hydrogens (tertiary/aromatic N) is 4. The van der Waals surface area contributed by atoms with Crippen LogP contribution in [0.5, 0.6) is 0 Å². The Bertz CT molecular complexity index is 611. The maximum Gasteiger partial charge on any atom is 0.227 e. The van der Waals surface area contributed by atoms with Gasteiger partial charge in [-0.25, -0.2) is 4.98 Å². The van der Waals surface area contributed by atoms with E-state index in [0.717, 1.165) is 55.4 Å². The standard InChI is InChI=1S/C15H20N4O2S/c1-11-14(12(2)21-17-11)7-15(20)19-5-3-18(4-6-19)8-13-9-22-10-16-13/h9-10H,3-8H2,1-2H3. The lowest BCUT2D eigenvalue weighted by Gasteiger charge is -2.34. The highest BCUT2D eigenvalue weighted by molar-refractivity contribution is 7.07. The van der Waals surface area contributed by atoms with Gasteiger partial charge in [-0.3, -0.25) is 9.69 Å². The smallest absolute Gasteiger partial charge is 0.227 e. The zero-order chi connectivity index (χ0) is 15.5. The molecule has 0 spiro atoms. The molecule has 7 heteroatoms. The maximum atomic E-state index is 12.4. The van der Waals surface area contributed by atoms with Crippen LogP contribution in [0.2, 0.25) is 0 Å². The minimum Gasteiger partial charge on any atom is -0.361 e. The second kappa shape index (κ2) is 6.58. The highest BCUT2D eigenvalue weighted by atomic mass is 32.1. The van der Waals surface area contributed by atoms with E-state index in [1.165, 1.54) is 0 Å². The third-order valence-electron chi connectivity index (χ3n) is 4.10. The van der Waals surface area contributed by atoms with Crippen LogP contribution >= 0.6 is 11.3 Å². The predicted octanol–water partition coefficient (Wildman–Crippen LogP) is 1.63. The van der Waals surface area contributed by atoms with Gasteiger partial charge < -0.3 is 9.42 Å². The van der Waals surface area contributed by atoms with Crippen molar-refractivity contribution in [2.24, 2.45) is 0 Å². The van der Waals surface area contributed by atoms with Crippen molar-refractivity contribution >= 4 is 17.2 Å². The molecule has 22 heavy (non-hydrogen) atoms. The topological polar surface area (TPSA) is 62.5 Å². The van der Waals surface area contributed by atoms with Gasteiger partial charge in [0, 0.05) is 43.7 Å². The van der Waals surface area contributed by atoms with E-state index in [9.17, 15) is 4.79 Å². The molecule has 0 unspecified atom stereocenters. The number of thiazole rings is 1. The Hall–Kier alpha value is -1.73. The fourth-order valence-corrected chi connectivity index (χ4v) is 3.27. The van der Waals surface area contributed by atoms with Gasteiger partial charge in [-0.1, -0.05) is 5.16 Å². The van der Waals surface area contributed by atoms with Gasteiger partial charge in [-0.2, -0.15) is 0 Å². The summed E-state index contributed by atoms with van der Waals surface area (Å²) in [5.74, 6) is 0.899. The summed E-state index contributed by atoms with van der Waals surface area (Å²) in [6.07, 6.45) is 0.382. The van der Waals surface area contributed by atoms with E-state index in [0.29, 0.717) is 6.42 Å². The van der Waals surface area contributed by atoms with Crippen LogP contribution in [0, 0.1) is 13.8 Å². The number of piperazine rings is 1. The molecule has 3 heterocycles. The van der Waals surface area contributed by atoms with Crippen LogP contribution in [0.25, 0.3) is 0 Å². The lowest BCUT2D eigenvalue weighted by Crippen LogP contribution is -2.48. The van der Waals surface area contributed by atoms with E-state index in [1.54, 1.807) is 11.3 Å². The Morgan fingerprint density at radius 1 is 1.32 bits per heavy atom. The van der Waals surface area contributed by atoms with E-state index in [4.69, 9.17) is 4.52 Å². The van der Waals surface area contributed by atoms with Crippen LogP contribution < -0.4 is 0 Å². The van der Waals surface area contributed by atoms with Crippen molar-refractivity contribution in [1.29, 1.82) is 0 Å². The average molecular weight is 320 g/mol. The van der Waals surface area contributed by atoms with E-state index >= 15 is 0 Å². The van der Waals surface area contributed by atoms with E-state index in [2.05, 4.69) is 20.4 Å². The molecule has 0 bridgehead atoms. The molecule has 0 aliphatic carbocycles. The number of rotatable bonds is 4. The lowest BCUT2D eigenvalue weighted by molar-refractivity contribution is -0.132. The summed E-state index contributed by atoms with van der Waals surface area (Å²) in [6.45, 7) is 7.93. The molecule has 0 radical (unpaired) electrons. The summed E-state index contributed by atoms with van der Waals surface area (Å²) in [7, 11) is 0. The Balaban J connectivity index is 1.51. The maximum absolute atomic E-state index is 12.4.